The Labute approximate surface area is 171 Å². The van der Waals surface area contributed by atoms with E-state index >= 15 is 0 Å². The van der Waals surface area contributed by atoms with Gasteiger partial charge in [0, 0.05) is 22.9 Å². The summed E-state index contributed by atoms with van der Waals surface area (Å²) >= 11 is 7.58. The Morgan fingerprint density at radius 2 is 2.00 bits per heavy atom. The molecule has 28 heavy (non-hydrogen) atoms. The van der Waals surface area contributed by atoms with Crippen LogP contribution in [-0.2, 0) is 9.84 Å². The van der Waals surface area contributed by atoms with Crippen LogP contribution in [0.1, 0.15) is 15.4 Å². The molecule has 1 aromatic heterocycles. The normalized spacial score (nSPS) is 11.1. The van der Waals surface area contributed by atoms with E-state index in [1.807, 2.05) is 12.3 Å². The van der Waals surface area contributed by atoms with Crippen molar-refractivity contribution in [3.05, 3.63) is 68.8 Å². The van der Waals surface area contributed by atoms with Gasteiger partial charge in [-0.15, -0.1) is 11.3 Å². The minimum Gasteiger partial charge on any atom is -0.323 e. The Kier molecular flexibility index (Phi) is 5.52. The smallest absolute Gasteiger partial charge is 0.257 e. The number of halogens is 1. The first-order chi connectivity index (χ1) is 13.2. The molecule has 1 N–H and O–H groups in total. The van der Waals surface area contributed by atoms with Crippen molar-refractivity contribution in [1.82, 2.24) is 4.98 Å². The van der Waals surface area contributed by atoms with Crippen LogP contribution in [0.3, 0.4) is 0 Å². The van der Waals surface area contributed by atoms with Crippen molar-refractivity contribution in [3.63, 3.8) is 0 Å². The number of hydrogen-bond donors (Lipinski definition) is 1. The number of sulfone groups is 1. The Hall–Kier alpha value is -2.73. The summed E-state index contributed by atoms with van der Waals surface area (Å²) in [7, 11) is -3.42. The standard InChI is InChI=1S/C19H14ClN3O3S2/c1-11-22-18(10-27-11)15-6-4-12(8-17(15)21-2)23-19(24)14-7-5-13(9-16(14)20)28(3,25)26/h4-10H,1,3H3,(H,23,24). The molecule has 0 aliphatic heterocycles. The van der Waals surface area contributed by atoms with E-state index in [4.69, 9.17) is 18.2 Å². The summed E-state index contributed by atoms with van der Waals surface area (Å²) in [5.74, 6) is -0.502. The van der Waals surface area contributed by atoms with Crippen LogP contribution in [0, 0.1) is 13.5 Å². The highest BCUT2D eigenvalue weighted by molar-refractivity contribution is 7.90. The molecule has 0 saturated heterocycles. The Bertz CT molecular complexity index is 1230. The molecule has 0 atom stereocenters. The van der Waals surface area contributed by atoms with Crippen molar-refractivity contribution >= 4 is 50.1 Å². The molecule has 0 fully saturated rings. The average Bonchev–Trinajstić information content (AvgIpc) is 3.06. The van der Waals surface area contributed by atoms with Crippen LogP contribution in [0.15, 0.2) is 46.7 Å². The highest BCUT2D eigenvalue weighted by Crippen LogP contribution is 2.33. The third-order valence-corrected chi connectivity index (χ3v) is 6.08. The Balaban J connectivity index is 1.88. The molecule has 2 aromatic carbocycles. The molecular weight excluding hydrogens is 418 g/mol. The molecule has 0 aliphatic rings. The largest absolute Gasteiger partial charge is 0.323 e. The van der Waals surface area contributed by atoms with Gasteiger partial charge in [0.1, 0.15) is 0 Å². The van der Waals surface area contributed by atoms with Gasteiger partial charge in [-0.1, -0.05) is 17.7 Å². The Morgan fingerprint density at radius 3 is 2.57 bits per heavy atom. The summed E-state index contributed by atoms with van der Waals surface area (Å²) < 4.78 is 23.2. The number of carbonyl (C=O) groups is 1. The van der Waals surface area contributed by atoms with Crippen LogP contribution in [-0.4, -0.2) is 25.6 Å². The molecule has 0 bridgehead atoms. The van der Waals surface area contributed by atoms with Crippen molar-refractivity contribution in [2.24, 2.45) is 0 Å². The Morgan fingerprint density at radius 1 is 1.25 bits per heavy atom. The highest BCUT2D eigenvalue weighted by Gasteiger charge is 2.16. The van der Waals surface area contributed by atoms with Crippen molar-refractivity contribution in [2.45, 2.75) is 11.8 Å². The maximum absolute atomic E-state index is 12.5. The van der Waals surface area contributed by atoms with Gasteiger partial charge in [-0.3, -0.25) is 4.79 Å². The van der Waals surface area contributed by atoms with Gasteiger partial charge >= 0.3 is 0 Å². The van der Waals surface area contributed by atoms with Crippen LogP contribution in [0.25, 0.3) is 16.1 Å². The molecular formula is C19H14ClN3O3S2. The number of aromatic nitrogens is 1. The first-order valence-corrected chi connectivity index (χ1v) is 11.1. The summed E-state index contributed by atoms with van der Waals surface area (Å²) in [6.45, 7) is 9.30. The predicted octanol–water partition coefficient (Wildman–Crippen LogP) is 4.98. The summed E-state index contributed by atoms with van der Waals surface area (Å²) in [6, 6.07) is 8.89. The van der Waals surface area contributed by atoms with Gasteiger partial charge in [0.2, 0.25) is 0 Å². The number of rotatable bonds is 4. The number of nitrogens with one attached hydrogen (secondary N) is 1. The number of anilines is 1. The van der Waals surface area contributed by atoms with Gasteiger partial charge in [0.05, 0.1) is 32.8 Å². The second-order valence-electron chi connectivity index (χ2n) is 5.96. The van der Waals surface area contributed by atoms with Crippen molar-refractivity contribution in [3.8, 4) is 11.3 Å². The average molecular weight is 432 g/mol. The number of benzene rings is 2. The highest BCUT2D eigenvalue weighted by atomic mass is 35.5. The molecule has 1 amide bonds. The van der Waals surface area contributed by atoms with Crippen molar-refractivity contribution < 1.29 is 13.2 Å². The topological polar surface area (TPSA) is 80.5 Å². The second-order valence-corrected chi connectivity index (χ2v) is 9.45. The first-order valence-electron chi connectivity index (χ1n) is 7.94. The number of amides is 1. The first kappa shape index (κ1) is 20.0. The molecule has 0 unspecified atom stereocenters. The maximum atomic E-state index is 12.5. The lowest BCUT2D eigenvalue weighted by Gasteiger charge is -2.10. The fourth-order valence-corrected chi connectivity index (χ4v) is 4.11. The predicted molar refractivity (Wildman–Crippen MR) is 111 cm³/mol. The summed E-state index contributed by atoms with van der Waals surface area (Å²) in [5.41, 5.74) is 2.33. The molecule has 6 nitrogen and oxygen atoms in total. The van der Waals surface area contributed by atoms with E-state index in [-0.39, 0.29) is 15.5 Å². The summed E-state index contributed by atoms with van der Waals surface area (Å²) in [6.07, 6.45) is 1.07. The lowest BCUT2D eigenvalue weighted by atomic mass is 10.1. The van der Waals surface area contributed by atoms with Gasteiger partial charge in [0.15, 0.2) is 15.5 Å². The minimum atomic E-state index is -3.42. The van der Waals surface area contributed by atoms with Crippen molar-refractivity contribution in [1.29, 1.82) is 0 Å². The van der Waals surface area contributed by atoms with E-state index in [0.29, 0.717) is 22.6 Å². The zero-order valence-electron chi connectivity index (χ0n) is 14.9. The fourth-order valence-electron chi connectivity index (χ4n) is 2.51. The molecule has 9 heteroatoms. The van der Waals surface area contributed by atoms with Crippen LogP contribution in [0.5, 0.6) is 0 Å². The van der Waals surface area contributed by atoms with E-state index in [1.165, 1.54) is 29.5 Å². The quantitative estimate of drug-likeness (QED) is 0.591. The summed E-state index contributed by atoms with van der Waals surface area (Å²) in [5, 5.41) is 5.48. The molecule has 142 valence electrons. The number of nitrogens with zero attached hydrogens (tertiary/aromatic N) is 2. The number of hydrogen-bond acceptors (Lipinski definition) is 5. The number of thiazole rings is 1. The third kappa shape index (κ3) is 4.22. The van der Waals surface area contributed by atoms with Crippen molar-refractivity contribution in [2.75, 3.05) is 11.6 Å². The van der Waals surface area contributed by atoms with Crippen LogP contribution in [0.2, 0.25) is 5.02 Å². The van der Waals surface area contributed by atoms with Gasteiger partial charge in [0.25, 0.3) is 5.91 Å². The monoisotopic (exact) mass is 431 g/mol. The molecule has 0 radical (unpaired) electrons. The van der Waals surface area contributed by atoms with E-state index < -0.39 is 15.7 Å². The zero-order chi connectivity index (χ0) is 20.5. The third-order valence-electron chi connectivity index (χ3n) is 3.88. The number of carbonyl (C=O) groups excluding carboxylic acids is 1. The van der Waals surface area contributed by atoms with Gasteiger partial charge in [-0.2, -0.15) is 0 Å². The minimum absolute atomic E-state index is 0.0281. The van der Waals surface area contributed by atoms with E-state index in [1.54, 1.807) is 18.2 Å². The molecule has 3 rings (SSSR count). The lowest BCUT2D eigenvalue weighted by Crippen LogP contribution is -2.13. The summed E-state index contributed by atoms with van der Waals surface area (Å²) in [4.78, 5) is 20.5. The maximum Gasteiger partial charge on any atom is 0.257 e. The van der Waals surface area contributed by atoms with Gasteiger partial charge in [-0.05, 0) is 37.3 Å². The van der Waals surface area contributed by atoms with E-state index in [2.05, 4.69) is 15.1 Å². The lowest BCUT2D eigenvalue weighted by molar-refractivity contribution is 0.102. The van der Waals surface area contributed by atoms with E-state index in [0.717, 1.165) is 11.3 Å². The van der Waals surface area contributed by atoms with Crippen LogP contribution in [0.4, 0.5) is 11.4 Å². The second kappa shape index (κ2) is 7.72. The number of aryl methyl sites for hydroxylation is 1. The molecule has 1 heterocycles. The van der Waals surface area contributed by atoms with Gasteiger partial charge in [-0.25, -0.2) is 18.2 Å². The molecule has 0 spiro atoms. The van der Waals surface area contributed by atoms with E-state index in [9.17, 15) is 13.2 Å². The fraction of sp³-hybridized carbons (Fsp3) is 0.105. The SMILES string of the molecule is [C-]#[N+]c1cc(NC(=O)c2ccc(S(C)(=O)=O)cc2Cl)ccc1-c1csc(C)n1. The molecule has 0 aliphatic carbocycles. The zero-order valence-corrected chi connectivity index (χ0v) is 17.2. The van der Waals surface area contributed by atoms with Crippen LogP contribution >= 0.6 is 22.9 Å². The molecule has 3 aromatic rings. The molecule has 0 saturated carbocycles. The van der Waals surface area contributed by atoms with Gasteiger partial charge < -0.3 is 5.32 Å². The van der Waals surface area contributed by atoms with Crippen LogP contribution < -0.4 is 5.32 Å².